The lowest BCUT2D eigenvalue weighted by Gasteiger charge is -2.24. The Hall–Kier alpha value is -1.92. The highest BCUT2D eigenvalue weighted by molar-refractivity contribution is 9.10. The van der Waals surface area contributed by atoms with Crippen molar-refractivity contribution in [2.45, 2.75) is 26.3 Å². The summed E-state index contributed by atoms with van der Waals surface area (Å²) in [6.45, 7) is 4.06. The van der Waals surface area contributed by atoms with E-state index in [1.807, 2.05) is 30.1 Å². The number of benzene rings is 1. The summed E-state index contributed by atoms with van der Waals surface area (Å²) < 4.78 is 6.07. The molecule has 1 aromatic heterocycles. The molecule has 0 radical (unpaired) electrons. The van der Waals surface area contributed by atoms with E-state index in [2.05, 4.69) is 39.5 Å². The first-order chi connectivity index (χ1) is 12.1. The number of carbonyl (C=O) groups is 1. The van der Waals surface area contributed by atoms with E-state index in [9.17, 15) is 4.79 Å². The molecule has 1 atom stereocenters. The normalized spacial score (nSPS) is 17.6. The molecule has 2 aromatic rings. The van der Waals surface area contributed by atoms with Crippen LogP contribution in [0.2, 0.25) is 0 Å². The summed E-state index contributed by atoms with van der Waals surface area (Å²) >= 11 is 5.16. The fourth-order valence-corrected chi connectivity index (χ4v) is 3.78. The average Bonchev–Trinajstić information content (AvgIpc) is 3.25. The molecule has 0 aliphatic carbocycles. The molecule has 1 aliphatic rings. The van der Waals surface area contributed by atoms with Gasteiger partial charge in [-0.05, 0) is 43.0 Å². The number of halogens is 1. The summed E-state index contributed by atoms with van der Waals surface area (Å²) in [6.07, 6.45) is 2.31. The predicted molar refractivity (Wildman–Crippen MR) is 105 cm³/mol. The number of hydrazone groups is 1. The highest BCUT2D eigenvalue weighted by Gasteiger charge is 2.30. The molecule has 0 N–H and O–H groups in total. The van der Waals surface area contributed by atoms with Crippen LogP contribution >= 0.6 is 27.3 Å². The van der Waals surface area contributed by atoms with E-state index in [0.717, 1.165) is 32.7 Å². The number of esters is 1. The van der Waals surface area contributed by atoms with Gasteiger partial charge in [-0.25, -0.2) is 4.79 Å². The number of hydrogen-bond donors (Lipinski definition) is 0. The summed E-state index contributed by atoms with van der Waals surface area (Å²) in [6, 6.07) is 12.4. The van der Waals surface area contributed by atoms with E-state index >= 15 is 0 Å². The second-order valence-corrected chi connectivity index (χ2v) is 7.54. The van der Waals surface area contributed by atoms with Gasteiger partial charge < -0.3 is 4.74 Å². The molecule has 2 heterocycles. The van der Waals surface area contributed by atoms with Gasteiger partial charge in [-0.15, -0.1) is 11.3 Å². The smallest absolute Gasteiger partial charge is 0.332 e. The highest BCUT2D eigenvalue weighted by Crippen LogP contribution is 2.36. The molecule has 25 heavy (non-hydrogen) atoms. The number of carbonyl (C=O) groups excluding carboxylic acids is 1. The number of rotatable bonds is 5. The first-order valence-corrected chi connectivity index (χ1v) is 9.77. The Bertz CT molecular complexity index is 797. The number of nitrogens with zero attached hydrogens (tertiary/aromatic N) is 2. The van der Waals surface area contributed by atoms with Crippen molar-refractivity contribution in [1.29, 1.82) is 0 Å². The minimum absolute atomic E-state index is 0.0656. The number of allylic oxidation sites excluding steroid dienone is 1. The minimum Gasteiger partial charge on any atom is -0.463 e. The maximum absolute atomic E-state index is 11.8. The first kappa shape index (κ1) is 17.9. The van der Waals surface area contributed by atoms with Gasteiger partial charge in [0.1, 0.15) is 0 Å². The van der Waals surface area contributed by atoms with Crippen LogP contribution < -0.4 is 0 Å². The Morgan fingerprint density at radius 2 is 2.16 bits per heavy atom. The maximum atomic E-state index is 11.8. The molecule has 1 aromatic carbocycles. The fraction of sp³-hybridized carbons (Fsp3) is 0.263. The lowest BCUT2D eigenvalue weighted by atomic mass is 10.0. The zero-order valence-electron chi connectivity index (χ0n) is 14.1. The molecule has 130 valence electrons. The molecule has 0 spiro atoms. The van der Waals surface area contributed by atoms with Crippen LogP contribution in [0.5, 0.6) is 0 Å². The van der Waals surface area contributed by atoms with Crippen LogP contribution in [-0.2, 0) is 9.53 Å². The Labute approximate surface area is 159 Å². The summed E-state index contributed by atoms with van der Waals surface area (Å²) in [5, 5.41) is 8.77. The van der Waals surface area contributed by atoms with E-state index in [-0.39, 0.29) is 12.0 Å². The summed E-state index contributed by atoms with van der Waals surface area (Å²) in [7, 11) is 0. The molecule has 0 fully saturated rings. The van der Waals surface area contributed by atoms with Crippen LogP contribution in [0.3, 0.4) is 0 Å². The van der Waals surface area contributed by atoms with Gasteiger partial charge in [-0.2, -0.15) is 5.10 Å². The quantitative estimate of drug-likeness (QED) is 0.499. The van der Waals surface area contributed by atoms with Gasteiger partial charge in [0.15, 0.2) is 0 Å². The second kappa shape index (κ2) is 7.97. The van der Waals surface area contributed by atoms with Crippen molar-refractivity contribution in [1.82, 2.24) is 5.01 Å². The molecule has 3 rings (SSSR count). The first-order valence-electron chi connectivity index (χ1n) is 8.09. The Kier molecular flexibility index (Phi) is 5.71. The number of thiophene rings is 1. The van der Waals surface area contributed by atoms with Crippen molar-refractivity contribution in [2.75, 3.05) is 6.61 Å². The molecule has 6 heteroatoms. The van der Waals surface area contributed by atoms with Crippen molar-refractivity contribution >= 4 is 38.9 Å². The molecular weight excluding hydrogens is 400 g/mol. The lowest BCUT2D eigenvalue weighted by Crippen LogP contribution is -2.18. The minimum atomic E-state index is -0.339. The average molecular weight is 419 g/mol. The fourth-order valence-electron chi connectivity index (χ4n) is 2.79. The van der Waals surface area contributed by atoms with Gasteiger partial charge in [0.05, 0.1) is 23.2 Å². The summed E-state index contributed by atoms with van der Waals surface area (Å²) in [4.78, 5) is 13.0. The van der Waals surface area contributed by atoms with Crippen LogP contribution in [0.4, 0.5) is 0 Å². The van der Waals surface area contributed by atoms with Crippen molar-refractivity contribution < 1.29 is 9.53 Å². The standard InChI is InChI=1S/C19H19BrN2O2S/c1-3-24-19(23)11-13(2)22-17(14-6-8-15(20)9-7-14)12-16(21-22)18-5-4-10-25-18/h4-11,17H,3,12H2,1-2H3/b13-11+/t17-/m1/s1. The van der Waals surface area contributed by atoms with Gasteiger partial charge in [-0.3, -0.25) is 5.01 Å². The van der Waals surface area contributed by atoms with E-state index in [4.69, 9.17) is 9.84 Å². The molecule has 0 bridgehead atoms. The molecule has 0 saturated heterocycles. The molecular formula is C19H19BrN2O2S. The lowest BCUT2D eigenvalue weighted by molar-refractivity contribution is -0.137. The van der Waals surface area contributed by atoms with Gasteiger partial charge in [0.2, 0.25) is 0 Å². The second-order valence-electron chi connectivity index (χ2n) is 5.68. The summed E-state index contributed by atoms with van der Waals surface area (Å²) in [5.74, 6) is -0.339. The zero-order chi connectivity index (χ0) is 17.8. The van der Waals surface area contributed by atoms with Crippen LogP contribution in [-0.4, -0.2) is 23.3 Å². The van der Waals surface area contributed by atoms with E-state index < -0.39 is 0 Å². The molecule has 1 aliphatic heterocycles. The van der Waals surface area contributed by atoms with E-state index in [1.165, 1.54) is 6.08 Å². The monoisotopic (exact) mass is 418 g/mol. The third-order valence-corrected chi connectivity index (χ3v) is 5.39. The van der Waals surface area contributed by atoms with Crippen molar-refractivity contribution in [2.24, 2.45) is 5.10 Å². The van der Waals surface area contributed by atoms with Crippen molar-refractivity contribution in [3.8, 4) is 0 Å². The predicted octanol–water partition coefficient (Wildman–Crippen LogP) is 5.13. The van der Waals surface area contributed by atoms with Gasteiger partial charge in [-0.1, -0.05) is 34.1 Å². The Morgan fingerprint density at radius 3 is 2.80 bits per heavy atom. The third-order valence-electron chi connectivity index (χ3n) is 3.95. The van der Waals surface area contributed by atoms with Gasteiger partial charge in [0.25, 0.3) is 0 Å². The molecule has 0 unspecified atom stereocenters. The van der Waals surface area contributed by atoms with E-state index in [1.54, 1.807) is 18.3 Å². The van der Waals surface area contributed by atoms with Crippen LogP contribution in [0.1, 0.15) is 36.8 Å². The largest absolute Gasteiger partial charge is 0.463 e. The summed E-state index contributed by atoms with van der Waals surface area (Å²) in [5.41, 5.74) is 2.98. The van der Waals surface area contributed by atoms with Gasteiger partial charge in [0, 0.05) is 22.7 Å². The topological polar surface area (TPSA) is 41.9 Å². The van der Waals surface area contributed by atoms with Crippen LogP contribution in [0.15, 0.2) is 63.1 Å². The zero-order valence-corrected chi connectivity index (χ0v) is 16.5. The molecule has 0 saturated carbocycles. The SMILES string of the molecule is CCOC(=O)/C=C(\C)N1N=C(c2cccs2)C[C@@H]1c1ccc(Br)cc1. The van der Waals surface area contributed by atoms with E-state index in [0.29, 0.717) is 6.61 Å². The Morgan fingerprint density at radius 1 is 1.40 bits per heavy atom. The maximum Gasteiger partial charge on any atom is 0.332 e. The van der Waals surface area contributed by atoms with Crippen LogP contribution in [0.25, 0.3) is 0 Å². The van der Waals surface area contributed by atoms with Gasteiger partial charge >= 0.3 is 5.97 Å². The third kappa shape index (κ3) is 4.19. The molecule has 0 amide bonds. The van der Waals surface area contributed by atoms with Crippen molar-refractivity contribution in [3.05, 3.63) is 68.5 Å². The highest BCUT2D eigenvalue weighted by atomic mass is 79.9. The number of ether oxygens (including phenoxy) is 1. The van der Waals surface area contributed by atoms with Crippen LogP contribution in [0, 0.1) is 0 Å². The Balaban J connectivity index is 1.93. The van der Waals surface area contributed by atoms with Crippen molar-refractivity contribution in [3.63, 3.8) is 0 Å². The number of hydrogen-bond acceptors (Lipinski definition) is 5. The molecule has 4 nitrogen and oxygen atoms in total.